The molecule has 1 aliphatic carbocycles. The first-order chi connectivity index (χ1) is 8.16. The van der Waals surface area contributed by atoms with Crippen molar-refractivity contribution < 1.29 is 9.90 Å². The van der Waals surface area contributed by atoms with Gasteiger partial charge in [-0.25, -0.2) is 0 Å². The maximum Gasteiger partial charge on any atom is 0.312 e. The minimum Gasteiger partial charge on any atom is -0.481 e. The second-order valence-electron chi connectivity index (χ2n) is 4.54. The van der Waals surface area contributed by atoms with Crippen LogP contribution < -0.4 is 5.32 Å². The van der Waals surface area contributed by atoms with Crippen LogP contribution in [0.5, 0.6) is 0 Å². The monoisotopic (exact) mass is 289 g/mol. The normalized spacial score (nSPS) is 15.8. The van der Waals surface area contributed by atoms with Crippen LogP contribution in [0.2, 0.25) is 5.02 Å². The zero-order valence-electron chi connectivity index (χ0n) is 9.93. The maximum absolute atomic E-state index is 11.2. The van der Waals surface area contributed by atoms with E-state index in [4.69, 9.17) is 11.6 Å². The predicted octanol–water partition coefficient (Wildman–Crippen LogP) is 2.93. The zero-order chi connectivity index (χ0) is 12.3. The van der Waals surface area contributed by atoms with E-state index in [2.05, 4.69) is 5.32 Å². The topological polar surface area (TPSA) is 49.3 Å². The molecule has 0 amide bonds. The molecule has 1 aliphatic rings. The molecule has 0 bridgehead atoms. The van der Waals surface area contributed by atoms with Crippen molar-refractivity contribution in [3.05, 3.63) is 34.9 Å². The average molecular weight is 290 g/mol. The van der Waals surface area contributed by atoms with E-state index in [1.165, 1.54) is 12.8 Å². The fourth-order valence-corrected chi connectivity index (χ4v) is 1.92. The molecule has 3 nitrogen and oxygen atoms in total. The zero-order valence-corrected chi connectivity index (χ0v) is 11.5. The Hall–Kier alpha value is -0.770. The summed E-state index contributed by atoms with van der Waals surface area (Å²) in [4.78, 5) is 11.2. The molecule has 1 atom stereocenters. The number of halogens is 2. The summed E-state index contributed by atoms with van der Waals surface area (Å²) in [6.45, 7) is 1.41. The molecular weight excluding hydrogens is 273 g/mol. The molecule has 5 heteroatoms. The lowest BCUT2D eigenvalue weighted by Gasteiger charge is -2.13. The molecule has 0 spiro atoms. The number of hydrogen-bond acceptors (Lipinski definition) is 2. The molecule has 0 aliphatic heterocycles. The van der Waals surface area contributed by atoms with Gasteiger partial charge in [-0.15, -0.1) is 12.4 Å². The smallest absolute Gasteiger partial charge is 0.312 e. The molecule has 1 saturated carbocycles. The lowest BCUT2D eigenvalue weighted by molar-refractivity contribution is -0.138. The van der Waals surface area contributed by atoms with Gasteiger partial charge in [-0.3, -0.25) is 4.79 Å². The molecular formula is C13H17Cl2NO2. The minimum atomic E-state index is -0.796. The highest BCUT2D eigenvalue weighted by molar-refractivity contribution is 6.30. The van der Waals surface area contributed by atoms with Crippen molar-refractivity contribution in [1.29, 1.82) is 0 Å². The van der Waals surface area contributed by atoms with Gasteiger partial charge in [-0.05, 0) is 43.0 Å². The number of carboxylic acid groups (broad SMARTS) is 1. The van der Waals surface area contributed by atoms with Gasteiger partial charge >= 0.3 is 5.97 Å². The van der Waals surface area contributed by atoms with E-state index in [0.29, 0.717) is 11.6 Å². The van der Waals surface area contributed by atoms with Crippen LogP contribution in [-0.4, -0.2) is 24.2 Å². The van der Waals surface area contributed by atoms with Crippen molar-refractivity contribution in [2.24, 2.45) is 5.92 Å². The van der Waals surface area contributed by atoms with E-state index < -0.39 is 11.9 Å². The summed E-state index contributed by atoms with van der Waals surface area (Å²) in [5, 5.41) is 13.1. The molecule has 18 heavy (non-hydrogen) atoms. The van der Waals surface area contributed by atoms with Gasteiger partial charge in [0.15, 0.2) is 0 Å². The Morgan fingerprint density at radius 1 is 1.39 bits per heavy atom. The minimum absolute atomic E-state index is 0. The summed E-state index contributed by atoms with van der Waals surface area (Å²) >= 11 is 5.79. The van der Waals surface area contributed by atoms with E-state index in [1.54, 1.807) is 24.3 Å². The van der Waals surface area contributed by atoms with E-state index in [-0.39, 0.29) is 12.4 Å². The van der Waals surface area contributed by atoms with Crippen LogP contribution in [-0.2, 0) is 4.79 Å². The summed E-state index contributed by atoms with van der Waals surface area (Å²) in [7, 11) is 0. The maximum atomic E-state index is 11.2. The Kier molecular flexibility index (Phi) is 5.93. The lowest BCUT2D eigenvalue weighted by Crippen LogP contribution is -2.28. The van der Waals surface area contributed by atoms with Crippen molar-refractivity contribution in [3.8, 4) is 0 Å². The van der Waals surface area contributed by atoms with E-state index in [1.807, 2.05) is 0 Å². The highest BCUT2D eigenvalue weighted by Crippen LogP contribution is 2.27. The van der Waals surface area contributed by atoms with Crippen LogP contribution in [0, 0.1) is 5.92 Å². The Morgan fingerprint density at radius 2 is 2.00 bits per heavy atom. The highest BCUT2D eigenvalue weighted by Gasteiger charge is 2.23. The average Bonchev–Trinajstić information content (AvgIpc) is 3.09. The standard InChI is InChI=1S/C13H16ClNO2.ClH/c14-11-5-3-10(4-6-11)12(13(16)17)8-15-7-9-1-2-9;/h3-6,9,12,15H,1-2,7-8H2,(H,16,17);1H. The fraction of sp³-hybridized carbons (Fsp3) is 0.462. The Balaban J connectivity index is 0.00000162. The van der Waals surface area contributed by atoms with Crippen LogP contribution in [0.3, 0.4) is 0 Å². The Bertz CT molecular complexity index is 390. The molecule has 0 heterocycles. The van der Waals surface area contributed by atoms with Crippen molar-refractivity contribution in [3.63, 3.8) is 0 Å². The summed E-state index contributed by atoms with van der Waals surface area (Å²) in [6, 6.07) is 7.02. The highest BCUT2D eigenvalue weighted by atomic mass is 35.5. The molecule has 0 radical (unpaired) electrons. The van der Waals surface area contributed by atoms with Gasteiger partial charge in [0.05, 0.1) is 5.92 Å². The van der Waals surface area contributed by atoms with Gasteiger partial charge in [0.1, 0.15) is 0 Å². The molecule has 1 fully saturated rings. The largest absolute Gasteiger partial charge is 0.481 e. The third-order valence-electron chi connectivity index (χ3n) is 3.05. The predicted molar refractivity (Wildman–Crippen MR) is 74.7 cm³/mol. The van der Waals surface area contributed by atoms with Crippen LogP contribution in [0.4, 0.5) is 0 Å². The Morgan fingerprint density at radius 3 is 2.50 bits per heavy atom. The molecule has 1 aromatic carbocycles. The summed E-state index contributed by atoms with van der Waals surface area (Å²) in [5.74, 6) is -0.531. The van der Waals surface area contributed by atoms with Crippen molar-refractivity contribution >= 4 is 30.0 Å². The van der Waals surface area contributed by atoms with Gasteiger partial charge in [0.25, 0.3) is 0 Å². The molecule has 2 rings (SSSR count). The number of rotatable bonds is 6. The molecule has 0 aromatic heterocycles. The van der Waals surface area contributed by atoms with Gasteiger partial charge in [0, 0.05) is 11.6 Å². The van der Waals surface area contributed by atoms with Crippen LogP contribution >= 0.6 is 24.0 Å². The third-order valence-corrected chi connectivity index (χ3v) is 3.30. The van der Waals surface area contributed by atoms with Gasteiger partial charge in [-0.2, -0.15) is 0 Å². The van der Waals surface area contributed by atoms with Crippen molar-refractivity contribution in [1.82, 2.24) is 5.32 Å². The quantitative estimate of drug-likeness (QED) is 0.847. The molecule has 0 saturated heterocycles. The number of carboxylic acids is 1. The number of nitrogens with one attached hydrogen (secondary N) is 1. The summed E-state index contributed by atoms with van der Waals surface area (Å²) in [6.07, 6.45) is 2.54. The first-order valence-corrected chi connectivity index (χ1v) is 6.23. The molecule has 100 valence electrons. The molecule has 1 aromatic rings. The Labute approximate surface area is 118 Å². The van der Waals surface area contributed by atoms with Crippen LogP contribution in [0.25, 0.3) is 0 Å². The molecule has 1 unspecified atom stereocenters. The van der Waals surface area contributed by atoms with Crippen LogP contribution in [0.1, 0.15) is 24.3 Å². The SMILES string of the molecule is Cl.O=C(O)C(CNCC1CC1)c1ccc(Cl)cc1. The second kappa shape index (κ2) is 6.98. The number of benzene rings is 1. The van der Waals surface area contributed by atoms with Gasteiger partial charge < -0.3 is 10.4 Å². The summed E-state index contributed by atoms with van der Waals surface area (Å²) in [5.41, 5.74) is 0.796. The molecule has 2 N–H and O–H groups in total. The van der Waals surface area contributed by atoms with E-state index >= 15 is 0 Å². The number of carbonyl (C=O) groups is 1. The van der Waals surface area contributed by atoms with Crippen LogP contribution in [0.15, 0.2) is 24.3 Å². The second-order valence-corrected chi connectivity index (χ2v) is 4.98. The number of hydrogen-bond donors (Lipinski definition) is 2. The van der Waals surface area contributed by atoms with Gasteiger partial charge in [-0.1, -0.05) is 23.7 Å². The summed E-state index contributed by atoms with van der Waals surface area (Å²) < 4.78 is 0. The first-order valence-electron chi connectivity index (χ1n) is 5.86. The first kappa shape index (κ1) is 15.3. The fourth-order valence-electron chi connectivity index (χ4n) is 1.80. The van der Waals surface area contributed by atoms with E-state index in [0.717, 1.165) is 18.0 Å². The number of aliphatic carboxylic acids is 1. The van der Waals surface area contributed by atoms with E-state index in [9.17, 15) is 9.90 Å². The van der Waals surface area contributed by atoms with Gasteiger partial charge in [0.2, 0.25) is 0 Å². The third kappa shape index (κ3) is 4.48. The lowest BCUT2D eigenvalue weighted by atomic mass is 9.99. The van der Waals surface area contributed by atoms with Crippen molar-refractivity contribution in [2.75, 3.05) is 13.1 Å². The van der Waals surface area contributed by atoms with Crippen molar-refractivity contribution in [2.45, 2.75) is 18.8 Å².